The highest BCUT2D eigenvalue weighted by Gasteiger charge is 2.23. The zero-order valence-electron chi connectivity index (χ0n) is 8.47. The van der Waals surface area contributed by atoms with Crippen molar-refractivity contribution in [2.75, 3.05) is 19.3 Å². The van der Waals surface area contributed by atoms with E-state index in [9.17, 15) is 17.2 Å². The van der Waals surface area contributed by atoms with Gasteiger partial charge in [-0.15, -0.1) is 0 Å². The van der Waals surface area contributed by atoms with Crippen molar-refractivity contribution in [2.24, 2.45) is 0 Å². The zero-order valence-corrected chi connectivity index (χ0v) is 9.29. The van der Waals surface area contributed by atoms with Crippen LogP contribution < -0.4 is 5.73 Å². The summed E-state index contributed by atoms with van der Waals surface area (Å²) < 4.78 is 48.1. The maximum absolute atomic E-state index is 12.1. The molecular formula is C8H11F2N3O2S. The average Bonchev–Trinajstić information content (AvgIpc) is 2.17. The van der Waals surface area contributed by atoms with Gasteiger partial charge in [0.2, 0.25) is 10.0 Å². The zero-order chi connectivity index (χ0) is 12.3. The maximum atomic E-state index is 12.1. The molecule has 2 N–H and O–H groups in total. The lowest BCUT2D eigenvalue weighted by atomic mass is 10.5. The van der Waals surface area contributed by atoms with Crippen LogP contribution in [0.3, 0.4) is 0 Å². The number of rotatable bonds is 4. The molecule has 0 unspecified atom stereocenters. The molecule has 0 saturated heterocycles. The van der Waals surface area contributed by atoms with Crippen LogP contribution in [-0.4, -0.2) is 37.7 Å². The Morgan fingerprint density at radius 3 is 2.56 bits per heavy atom. The molecule has 0 aliphatic carbocycles. The van der Waals surface area contributed by atoms with Crippen LogP contribution in [0.5, 0.6) is 0 Å². The first-order valence-electron chi connectivity index (χ1n) is 4.30. The number of alkyl halides is 2. The minimum absolute atomic E-state index is 0.162. The summed E-state index contributed by atoms with van der Waals surface area (Å²) in [5, 5.41) is 0. The quantitative estimate of drug-likeness (QED) is 0.847. The van der Waals surface area contributed by atoms with Gasteiger partial charge in [0.05, 0.1) is 6.54 Å². The molecule has 0 amide bonds. The van der Waals surface area contributed by atoms with Crippen LogP contribution in [0.4, 0.5) is 14.6 Å². The van der Waals surface area contributed by atoms with E-state index in [4.69, 9.17) is 5.73 Å². The van der Waals surface area contributed by atoms with Crippen molar-refractivity contribution in [3.63, 3.8) is 0 Å². The summed E-state index contributed by atoms with van der Waals surface area (Å²) in [6.45, 7) is -0.854. The monoisotopic (exact) mass is 251 g/mol. The number of hydrogen-bond donors (Lipinski definition) is 1. The predicted octanol–water partition coefficient (Wildman–Crippen LogP) is 0.549. The lowest BCUT2D eigenvalue weighted by molar-refractivity contribution is 0.126. The highest BCUT2D eigenvalue weighted by Crippen LogP contribution is 2.14. The summed E-state index contributed by atoms with van der Waals surface area (Å²) in [4.78, 5) is 3.43. The van der Waals surface area contributed by atoms with E-state index < -0.39 is 23.0 Å². The van der Waals surface area contributed by atoms with Gasteiger partial charge < -0.3 is 5.73 Å². The fourth-order valence-corrected chi connectivity index (χ4v) is 2.11. The van der Waals surface area contributed by atoms with Crippen molar-refractivity contribution in [1.29, 1.82) is 0 Å². The lowest BCUT2D eigenvalue weighted by Gasteiger charge is -2.16. The molecule has 1 heterocycles. The molecule has 0 saturated carbocycles. The molecule has 0 radical (unpaired) electrons. The second kappa shape index (κ2) is 4.71. The van der Waals surface area contributed by atoms with Crippen molar-refractivity contribution in [3.05, 3.63) is 18.3 Å². The Kier molecular flexibility index (Phi) is 3.76. The first kappa shape index (κ1) is 12.8. The van der Waals surface area contributed by atoms with E-state index in [0.717, 1.165) is 13.2 Å². The Morgan fingerprint density at radius 1 is 1.50 bits per heavy atom. The van der Waals surface area contributed by atoms with Crippen LogP contribution in [0.2, 0.25) is 0 Å². The standard InChI is InChI=1S/C8H11F2N3O2S/c1-13(5-7(9)10)16(14,15)6-2-3-8(11)12-4-6/h2-4,7H,5H2,1H3,(H2,11,12). The minimum atomic E-state index is -3.92. The molecule has 16 heavy (non-hydrogen) atoms. The van der Waals surface area contributed by atoms with Gasteiger partial charge in [0, 0.05) is 13.2 Å². The Labute approximate surface area is 91.9 Å². The van der Waals surface area contributed by atoms with Gasteiger partial charge in [0.25, 0.3) is 6.43 Å². The molecule has 1 aromatic heterocycles. The SMILES string of the molecule is CN(CC(F)F)S(=O)(=O)c1ccc(N)nc1. The third-order valence-corrected chi connectivity index (χ3v) is 3.67. The van der Waals surface area contributed by atoms with Gasteiger partial charge >= 0.3 is 0 Å². The molecule has 0 aliphatic rings. The Bertz CT molecular complexity index is 447. The number of anilines is 1. The van der Waals surface area contributed by atoms with Crippen molar-refractivity contribution in [2.45, 2.75) is 11.3 Å². The van der Waals surface area contributed by atoms with Crippen LogP contribution >= 0.6 is 0 Å². The summed E-state index contributed by atoms with van der Waals surface area (Å²) >= 11 is 0. The molecule has 1 rings (SSSR count). The molecule has 0 fully saturated rings. The summed E-state index contributed by atoms with van der Waals surface area (Å²) in [5.74, 6) is 0.162. The summed E-state index contributed by atoms with van der Waals surface area (Å²) in [6.07, 6.45) is -1.69. The van der Waals surface area contributed by atoms with Gasteiger partial charge in [-0.2, -0.15) is 4.31 Å². The first-order valence-corrected chi connectivity index (χ1v) is 5.74. The molecule has 90 valence electrons. The first-order chi connectivity index (χ1) is 7.34. The number of hydrogen-bond acceptors (Lipinski definition) is 4. The van der Waals surface area contributed by atoms with Gasteiger partial charge in [-0.1, -0.05) is 0 Å². The third-order valence-electron chi connectivity index (χ3n) is 1.86. The van der Waals surface area contributed by atoms with Crippen molar-refractivity contribution >= 4 is 15.8 Å². The van der Waals surface area contributed by atoms with E-state index in [1.54, 1.807) is 0 Å². The van der Waals surface area contributed by atoms with E-state index in [2.05, 4.69) is 4.98 Å². The van der Waals surface area contributed by atoms with E-state index in [1.165, 1.54) is 12.1 Å². The normalized spacial score (nSPS) is 12.3. The van der Waals surface area contributed by atoms with Crippen LogP contribution in [0.15, 0.2) is 23.2 Å². The lowest BCUT2D eigenvalue weighted by Crippen LogP contribution is -2.31. The highest BCUT2D eigenvalue weighted by molar-refractivity contribution is 7.89. The van der Waals surface area contributed by atoms with E-state index in [1.807, 2.05) is 0 Å². The summed E-state index contributed by atoms with van der Waals surface area (Å²) in [5.41, 5.74) is 5.29. The van der Waals surface area contributed by atoms with Gasteiger partial charge in [-0.25, -0.2) is 22.2 Å². The van der Waals surface area contributed by atoms with Crippen molar-refractivity contribution in [1.82, 2.24) is 9.29 Å². The number of sulfonamides is 1. The smallest absolute Gasteiger partial charge is 0.252 e. The number of nitrogens with two attached hydrogens (primary N) is 1. The fraction of sp³-hybridized carbons (Fsp3) is 0.375. The summed E-state index contributed by atoms with van der Waals surface area (Å²) in [7, 11) is -2.83. The number of halogens is 2. The fourth-order valence-electron chi connectivity index (χ4n) is 1.02. The molecule has 0 aliphatic heterocycles. The van der Waals surface area contributed by atoms with Gasteiger partial charge in [0.15, 0.2) is 0 Å². The average molecular weight is 251 g/mol. The third kappa shape index (κ3) is 2.86. The Balaban J connectivity index is 2.97. The van der Waals surface area contributed by atoms with E-state index >= 15 is 0 Å². The maximum Gasteiger partial charge on any atom is 0.252 e. The Hall–Kier alpha value is -1.28. The van der Waals surface area contributed by atoms with E-state index in [-0.39, 0.29) is 10.7 Å². The second-order valence-electron chi connectivity index (χ2n) is 3.10. The van der Waals surface area contributed by atoms with E-state index in [0.29, 0.717) is 4.31 Å². The molecule has 0 atom stereocenters. The number of pyridine rings is 1. The molecule has 1 aromatic rings. The Morgan fingerprint density at radius 2 is 2.12 bits per heavy atom. The van der Waals surface area contributed by atoms with Crippen LogP contribution in [0, 0.1) is 0 Å². The molecule has 0 spiro atoms. The topological polar surface area (TPSA) is 76.3 Å². The van der Waals surface area contributed by atoms with Crippen LogP contribution in [0.1, 0.15) is 0 Å². The molecule has 0 aromatic carbocycles. The highest BCUT2D eigenvalue weighted by atomic mass is 32.2. The molecule has 0 bridgehead atoms. The van der Waals surface area contributed by atoms with Gasteiger partial charge in [-0.3, -0.25) is 0 Å². The number of nitrogens with zero attached hydrogens (tertiary/aromatic N) is 2. The minimum Gasteiger partial charge on any atom is -0.384 e. The molecular weight excluding hydrogens is 240 g/mol. The number of nitrogen functional groups attached to an aromatic ring is 1. The molecule has 5 nitrogen and oxygen atoms in total. The summed E-state index contributed by atoms with van der Waals surface area (Å²) in [6, 6.07) is 2.52. The van der Waals surface area contributed by atoms with Crippen molar-refractivity contribution < 1.29 is 17.2 Å². The number of aromatic nitrogens is 1. The van der Waals surface area contributed by atoms with Gasteiger partial charge in [-0.05, 0) is 12.1 Å². The van der Waals surface area contributed by atoms with Crippen molar-refractivity contribution in [3.8, 4) is 0 Å². The van der Waals surface area contributed by atoms with Crippen LogP contribution in [-0.2, 0) is 10.0 Å². The van der Waals surface area contributed by atoms with Gasteiger partial charge in [0.1, 0.15) is 10.7 Å². The second-order valence-corrected chi connectivity index (χ2v) is 5.14. The largest absolute Gasteiger partial charge is 0.384 e. The van der Waals surface area contributed by atoms with Crippen LogP contribution in [0.25, 0.3) is 0 Å². The molecule has 8 heteroatoms. The predicted molar refractivity (Wildman–Crippen MR) is 54.5 cm³/mol.